The van der Waals surface area contributed by atoms with E-state index in [0.29, 0.717) is 18.9 Å². The molecule has 0 saturated heterocycles. The summed E-state index contributed by atoms with van der Waals surface area (Å²) in [6.45, 7) is 2.08. The lowest BCUT2D eigenvalue weighted by molar-refractivity contribution is -0.138. The van der Waals surface area contributed by atoms with Gasteiger partial charge in [-0.15, -0.1) is 12.4 Å². The van der Waals surface area contributed by atoms with Crippen LogP contribution in [-0.2, 0) is 14.8 Å². The maximum Gasteiger partial charge on any atom is 0.323 e. The van der Waals surface area contributed by atoms with Crippen LogP contribution in [0.2, 0.25) is 0 Å². The molecule has 0 bridgehead atoms. The third kappa shape index (κ3) is 9.68. The van der Waals surface area contributed by atoms with E-state index in [9.17, 15) is 18.0 Å². The lowest BCUT2D eigenvalue weighted by Crippen LogP contribution is -2.49. The predicted molar refractivity (Wildman–Crippen MR) is 122 cm³/mol. The number of halogens is 1. The molecule has 14 heteroatoms. The molecule has 0 unspecified atom stereocenters. The monoisotopic (exact) mass is 492 g/mol. The van der Waals surface area contributed by atoms with Crippen molar-refractivity contribution < 1.29 is 27.9 Å². The Balaban J connectivity index is 0.00000512. The molecule has 2 rings (SSSR count). The van der Waals surface area contributed by atoms with Crippen molar-refractivity contribution in [2.45, 2.75) is 12.5 Å². The van der Waals surface area contributed by atoms with Gasteiger partial charge in [0.05, 0.1) is 12.3 Å². The molecular weight excluding hydrogens is 464 g/mol. The van der Waals surface area contributed by atoms with Crippen molar-refractivity contribution in [1.29, 1.82) is 0 Å². The number of nitrogens with one attached hydrogen (secondary N) is 4. The van der Waals surface area contributed by atoms with Gasteiger partial charge < -0.3 is 31.5 Å². The summed E-state index contributed by atoms with van der Waals surface area (Å²) in [5, 5.41) is 17.8. The average Bonchev–Trinajstić information content (AvgIpc) is 2.75. The number of nitrogens with two attached hydrogens (primary N) is 1. The first-order valence-electron chi connectivity index (χ1n) is 9.77. The zero-order valence-corrected chi connectivity index (χ0v) is 19.0. The largest absolute Gasteiger partial charge is 0.492 e. The standard InChI is InChI=1S/C18H28N6O6S.ClH/c19-6-11-31(28,29)24-15(17(26)27)12-23-16(25)13-2-4-14(5-3-13)30-10-9-22-18-20-7-1-8-21-18;/h2-5,15,24H,1,6-12,19H2,(H,23,25)(H,26,27)(H2,20,21,22);1H/t15-;/m0./s1. The van der Waals surface area contributed by atoms with Crippen molar-refractivity contribution in [3.05, 3.63) is 29.8 Å². The second-order valence-corrected chi connectivity index (χ2v) is 8.51. The molecule has 0 spiro atoms. The van der Waals surface area contributed by atoms with Gasteiger partial charge in [0, 0.05) is 31.7 Å². The minimum Gasteiger partial charge on any atom is -0.492 e. The third-order valence-corrected chi connectivity index (χ3v) is 5.57. The number of sulfonamides is 1. The Morgan fingerprint density at radius 1 is 1.28 bits per heavy atom. The van der Waals surface area contributed by atoms with Crippen molar-refractivity contribution in [2.24, 2.45) is 10.7 Å². The molecule has 180 valence electrons. The first kappa shape index (κ1) is 27.4. The smallest absolute Gasteiger partial charge is 0.323 e. The van der Waals surface area contributed by atoms with Crippen LogP contribution in [0.4, 0.5) is 0 Å². The number of nitrogens with zero attached hydrogens (tertiary/aromatic N) is 1. The van der Waals surface area contributed by atoms with Gasteiger partial charge in [0.2, 0.25) is 10.0 Å². The quantitative estimate of drug-likeness (QED) is 0.189. The van der Waals surface area contributed by atoms with E-state index in [0.717, 1.165) is 25.5 Å². The number of carboxylic acid groups (broad SMARTS) is 1. The molecule has 1 aromatic rings. The number of carbonyl (C=O) groups is 2. The molecule has 1 heterocycles. The molecule has 0 radical (unpaired) electrons. The molecular formula is C18H29ClN6O6S. The summed E-state index contributed by atoms with van der Waals surface area (Å²) in [6, 6.07) is 4.78. The Bertz CT molecular complexity index is 880. The van der Waals surface area contributed by atoms with Crippen LogP contribution in [0.5, 0.6) is 5.75 Å². The number of guanidine groups is 1. The number of amides is 1. The predicted octanol–water partition coefficient (Wildman–Crippen LogP) is -1.51. The zero-order valence-electron chi connectivity index (χ0n) is 17.4. The van der Waals surface area contributed by atoms with Crippen molar-refractivity contribution >= 4 is 40.3 Å². The van der Waals surface area contributed by atoms with Gasteiger partial charge in [-0.25, -0.2) is 8.42 Å². The average molecular weight is 493 g/mol. The SMILES string of the molecule is Cl.NCCS(=O)(=O)N[C@@H](CNC(=O)c1ccc(OCCNC2=NCCCN2)cc1)C(=O)O. The maximum atomic E-state index is 12.2. The van der Waals surface area contributed by atoms with Crippen LogP contribution in [-0.4, -0.2) is 82.5 Å². The molecule has 1 aliphatic rings. The summed E-state index contributed by atoms with van der Waals surface area (Å²) in [5.74, 6) is -1.04. The van der Waals surface area contributed by atoms with E-state index in [1.807, 2.05) is 4.72 Å². The number of carbonyl (C=O) groups excluding carboxylic acids is 1. The van der Waals surface area contributed by atoms with Crippen LogP contribution in [0.15, 0.2) is 29.3 Å². The summed E-state index contributed by atoms with van der Waals surface area (Å²) >= 11 is 0. The van der Waals surface area contributed by atoms with Crippen LogP contribution in [0.3, 0.4) is 0 Å². The summed E-state index contributed by atoms with van der Waals surface area (Å²) in [4.78, 5) is 27.8. The van der Waals surface area contributed by atoms with Crippen LogP contribution in [0.25, 0.3) is 0 Å². The van der Waals surface area contributed by atoms with Crippen LogP contribution in [0.1, 0.15) is 16.8 Å². The second-order valence-electron chi connectivity index (χ2n) is 6.64. The highest BCUT2D eigenvalue weighted by molar-refractivity contribution is 7.89. The van der Waals surface area contributed by atoms with Gasteiger partial charge in [-0.1, -0.05) is 0 Å². The summed E-state index contributed by atoms with van der Waals surface area (Å²) in [5.41, 5.74) is 5.47. The van der Waals surface area contributed by atoms with Crippen molar-refractivity contribution in [3.63, 3.8) is 0 Å². The van der Waals surface area contributed by atoms with E-state index < -0.39 is 40.2 Å². The van der Waals surface area contributed by atoms with Crippen LogP contribution >= 0.6 is 12.4 Å². The highest BCUT2D eigenvalue weighted by atomic mass is 35.5. The molecule has 1 aromatic carbocycles. The normalized spacial score (nSPS) is 14.2. The van der Waals surface area contributed by atoms with Gasteiger partial charge in [-0.3, -0.25) is 14.6 Å². The molecule has 32 heavy (non-hydrogen) atoms. The molecule has 1 aliphatic heterocycles. The molecule has 0 fully saturated rings. The molecule has 1 atom stereocenters. The van der Waals surface area contributed by atoms with Crippen molar-refractivity contribution in [3.8, 4) is 5.75 Å². The van der Waals surface area contributed by atoms with Gasteiger partial charge in [-0.2, -0.15) is 4.72 Å². The highest BCUT2D eigenvalue weighted by Gasteiger charge is 2.24. The molecule has 0 aliphatic carbocycles. The van der Waals surface area contributed by atoms with Gasteiger partial charge in [0.1, 0.15) is 18.4 Å². The number of hydrogen-bond donors (Lipinski definition) is 6. The second kappa shape index (κ2) is 13.7. The third-order valence-electron chi connectivity index (χ3n) is 4.15. The minimum atomic E-state index is -3.85. The lowest BCUT2D eigenvalue weighted by Gasteiger charge is -2.16. The summed E-state index contributed by atoms with van der Waals surface area (Å²) in [7, 11) is -3.85. The van der Waals surface area contributed by atoms with E-state index in [2.05, 4.69) is 20.9 Å². The van der Waals surface area contributed by atoms with E-state index in [1.54, 1.807) is 12.1 Å². The van der Waals surface area contributed by atoms with Crippen LogP contribution in [0, 0.1) is 0 Å². The first-order valence-corrected chi connectivity index (χ1v) is 11.4. The van der Waals surface area contributed by atoms with E-state index in [-0.39, 0.29) is 24.5 Å². The van der Waals surface area contributed by atoms with Crippen molar-refractivity contribution in [1.82, 2.24) is 20.7 Å². The molecule has 12 nitrogen and oxygen atoms in total. The van der Waals surface area contributed by atoms with E-state index in [4.69, 9.17) is 15.6 Å². The van der Waals surface area contributed by atoms with E-state index >= 15 is 0 Å². The van der Waals surface area contributed by atoms with Crippen molar-refractivity contribution in [2.75, 3.05) is 45.1 Å². The van der Waals surface area contributed by atoms with Gasteiger partial charge in [-0.05, 0) is 30.7 Å². The number of rotatable bonds is 12. The van der Waals surface area contributed by atoms with Gasteiger partial charge in [0.15, 0.2) is 5.96 Å². The Hall–Kier alpha value is -2.61. The van der Waals surface area contributed by atoms with E-state index in [1.165, 1.54) is 12.1 Å². The summed E-state index contributed by atoms with van der Waals surface area (Å²) < 4.78 is 31.0. The van der Waals surface area contributed by atoms with Crippen LogP contribution < -0.4 is 31.1 Å². The first-order chi connectivity index (χ1) is 14.8. The minimum absolute atomic E-state index is 0. The molecule has 1 amide bonds. The Kier molecular flexibility index (Phi) is 11.8. The number of carboxylic acids is 1. The number of benzene rings is 1. The maximum absolute atomic E-state index is 12.2. The fraction of sp³-hybridized carbons (Fsp3) is 0.500. The topological polar surface area (TPSA) is 184 Å². The number of aliphatic imine (C=N–C) groups is 1. The fourth-order valence-corrected chi connectivity index (χ4v) is 3.64. The lowest BCUT2D eigenvalue weighted by atomic mass is 10.2. The number of ether oxygens (including phenoxy) is 1. The molecule has 0 aromatic heterocycles. The summed E-state index contributed by atoms with van der Waals surface area (Å²) in [6.07, 6.45) is 1.02. The Morgan fingerprint density at radius 3 is 2.59 bits per heavy atom. The van der Waals surface area contributed by atoms with Gasteiger partial charge >= 0.3 is 5.97 Å². The van der Waals surface area contributed by atoms with Gasteiger partial charge in [0.25, 0.3) is 5.91 Å². The molecule has 0 saturated carbocycles. The zero-order chi connectivity index (χ0) is 22.7. The Labute approximate surface area is 192 Å². The highest BCUT2D eigenvalue weighted by Crippen LogP contribution is 2.12. The Morgan fingerprint density at radius 2 is 2.00 bits per heavy atom. The molecule has 7 N–H and O–H groups in total. The number of aliphatic carboxylic acids is 1. The fourth-order valence-electron chi connectivity index (χ4n) is 2.60. The number of hydrogen-bond acceptors (Lipinski definition) is 9.